The third-order valence-electron chi connectivity index (χ3n) is 6.26. The van der Waals surface area contributed by atoms with Crippen LogP contribution in [0.15, 0.2) is 4.42 Å². The van der Waals surface area contributed by atoms with Crippen molar-refractivity contribution in [1.82, 2.24) is 10.2 Å². The molecule has 6 heteroatoms. The first-order valence-electron chi connectivity index (χ1n) is 11.0. The Balaban J connectivity index is 1.60. The van der Waals surface area contributed by atoms with Gasteiger partial charge in [0, 0.05) is 57.3 Å². The van der Waals surface area contributed by atoms with Crippen molar-refractivity contribution < 1.29 is 18.7 Å². The summed E-state index contributed by atoms with van der Waals surface area (Å²) in [7, 11) is 0. The number of ketones is 1. The fourth-order valence-electron chi connectivity index (χ4n) is 4.72. The molecule has 1 aliphatic carbocycles. The number of nitrogens with zero attached hydrogens (tertiary/aromatic N) is 1. The SMILES string of the molecule is CCOCCCN1CCC(NC(=O)c2oc3c(c2C)C(=O)CC(C)(C)C3)C(C)C1. The summed E-state index contributed by atoms with van der Waals surface area (Å²) in [6.45, 7) is 14.7. The molecule has 2 aliphatic rings. The van der Waals surface area contributed by atoms with Crippen LogP contribution >= 0.6 is 0 Å². The molecule has 1 aliphatic heterocycles. The van der Waals surface area contributed by atoms with Crippen LogP contribution in [0.1, 0.15) is 79.2 Å². The molecule has 2 unspecified atom stereocenters. The lowest BCUT2D eigenvalue weighted by Crippen LogP contribution is -2.50. The summed E-state index contributed by atoms with van der Waals surface area (Å²) < 4.78 is 11.3. The number of hydrogen-bond acceptors (Lipinski definition) is 5. The summed E-state index contributed by atoms with van der Waals surface area (Å²) in [6.07, 6.45) is 3.16. The Labute approximate surface area is 174 Å². The molecule has 3 rings (SSSR count). The van der Waals surface area contributed by atoms with Crippen molar-refractivity contribution in [2.45, 2.75) is 66.3 Å². The van der Waals surface area contributed by atoms with Crippen LogP contribution < -0.4 is 5.32 Å². The highest BCUT2D eigenvalue weighted by molar-refractivity contribution is 6.03. The molecule has 1 fully saturated rings. The molecule has 1 N–H and O–H groups in total. The Morgan fingerprint density at radius 3 is 2.79 bits per heavy atom. The van der Waals surface area contributed by atoms with E-state index >= 15 is 0 Å². The van der Waals surface area contributed by atoms with Crippen LogP contribution in [0.4, 0.5) is 0 Å². The van der Waals surface area contributed by atoms with Crippen molar-refractivity contribution in [3.05, 3.63) is 22.6 Å². The van der Waals surface area contributed by atoms with Crippen LogP contribution in [0.2, 0.25) is 0 Å². The van der Waals surface area contributed by atoms with Crippen molar-refractivity contribution in [3.8, 4) is 0 Å². The van der Waals surface area contributed by atoms with E-state index in [-0.39, 0.29) is 23.1 Å². The second-order valence-electron chi connectivity index (χ2n) is 9.49. The van der Waals surface area contributed by atoms with E-state index in [1.54, 1.807) is 0 Å². The number of hydrogen-bond donors (Lipinski definition) is 1. The smallest absolute Gasteiger partial charge is 0.287 e. The Kier molecular flexibility index (Phi) is 6.84. The van der Waals surface area contributed by atoms with Crippen LogP contribution in [0, 0.1) is 18.3 Å². The van der Waals surface area contributed by atoms with Gasteiger partial charge in [0.2, 0.25) is 0 Å². The highest BCUT2D eigenvalue weighted by Gasteiger charge is 2.37. The Morgan fingerprint density at radius 1 is 1.34 bits per heavy atom. The predicted molar refractivity (Wildman–Crippen MR) is 112 cm³/mol. The fourth-order valence-corrected chi connectivity index (χ4v) is 4.72. The van der Waals surface area contributed by atoms with E-state index in [2.05, 4.69) is 31.0 Å². The minimum atomic E-state index is -0.191. The van der Waals surface area contributed by atoms with E-state index in [4.69, 9.17) is 9.15 Å². The van der Waals surface area contributed by atoms with E-state index in [1.807, 2.05) is 13.8 Å². The lowest BCUT2D eigenvalue weighted by molar-refractivity contribution is 0.0811. The Bertz CT molecular complexity index is 752. The molecule has 6 nitrogen and oxygen atoms in total. The van der Waals surface area contributed by atoms with Gasteiger partial charge in [0.05, 0.1) is 5.56 Å². The Hall–Kier alpha value is -1.66. The summed E-state index contributed by atoms with van der Waals surface area (Å²) in [4.78, 5) is 27.9. The molecular formula is C23H36N2O4. The van der Waals surface area contributed by atoms with Crippen LogP contribution in [0.25, 0.3) is 0 Å². The number of fused-ring (bicyclic) bond motifs is 1. The van der Waals surface area contributed by atoms with Crippen molar-refractivity contribution in [3.63, 3.8) is 0 Å². The van der Waals surface area contributed by atoms with Crippen LogP contribution in [0.3, 0.4) is 0 Å². The number of rotatable bonds is 7. The third kappa shape index (κ3) is 5.10. The molecule has 0 aromatic carbocycles. The van der Waals surface area contributed by atoms with Gasteiger partial charge < -0.3 is 19.4 Å². The zero-order valence-electron chi connectivity index (χ0n) is 18.6. The number of piperidine rings is 1. The van der Waals surface area contributed by atoms with Crippen molar-refractivity contribution >= 4 is 11.7 Å². The van der Waals surface area contributed by atoms with Crippen molar-refractivity contribution in [2.75, 3.05) is 32.8 Å². The third-order valence-corrected chi connectivity index (χ3v) is 6.26. The topological polar surface area (TPSA) is 71.8 Å². The summed E-state index contributed by atoms with van der Waals surface area (Å²) in [5.74, 6) is 1.25. The number of carbonyl (C=O) groups excluding carboxylic acids is 2. The van der Waals surface area contributed by atoms with Gasteiger partial charge in [0.1, 0.15) is 5.76 Å². The maximum Gasteiger partial charge on any atom is 0.287 e. The molecule has 162 valence electrons. The first-order chi connectivity index (χ1) is 13.7. The van der Waals surface area contributed by atoms with Gasteiger partial charge >= 0.3 is 0 Å². The number of ether oxygens (including phenoxy) is 1. The summed E-state index contributed by atoms with van der Waals surface area (Å²) in [6, 6.07) is 0.124. The highest BCUT2D eigenvalue weighted by Crippen LogP contribution is 2.38. The minimum Gasteiger partial charge on any atom is -0.455 e. The van der Waals surface area contributed by atoms with Gasteiger partial charge in [-0.2, -0.15) is 0 Å². The molecule has 1 aromatic rings. The molecule has 2 atom stereocenters. The van der Waals surface area contributed by atoms with Crippen LogP contribution in [-0.2, 0) is 11.2 Å². The molecule has 0 spiro atoms. The monoisotopic (exact) mass is 404 g/mol. The predicted octanol–water partition coefficient (Wildman–Crippen LogP) is 3.61. The quantitative estimate of drug-likeness (QED) is 0.703. The number of likely N-dealkylation sites (tertiary alicyclic amines) is 1. The first kappa shape index (κ1) is 22.0. The molecule has 0 saturated carbocycles. The lowest BCUT2D eigenvalue weighted by atomic mass is 9.76. The van der Waals surface area contributed by atoms with Crippen LogP contribution in [-0.4, -0.2) is 55.5 Å². The second kappa shape index (κ2) is 9.00. The van der Waals surface area contributed by atoms with E-state index in [1.165, 1.54) is 0 Å². The van der Waals surface area contributed by atoms with Gasteiger partial charge in [-0.15, -0.1) is 0 Å². The summed E-state index contributed by atoms with van der Waals surface area (Å²) >= 11 is 0. The number of amides is 1. The van der Waals surface area contributed by atoms with Gasteiger partial charge in [-0.1, -0.05) is 20.8 Å². The van der Waals surface area contributed by atoms with Gasteiger partial charge in [-0.05, 0) is 38.0 Å². The maximum atomic E-state index is 12.9. The first-order valence-corrected chi connectivity index (χ1v) is 11.0. The van der Waals surface area contributed by atoms with Crippen LogP contribution in [0.5, 0.6) is 0 Å². The van der Waals surface area contributed by atoms with Gasteiger partial charge in [0.25, 0.3) is 5.91 Å². The molecule has 1 aromatic heterocycles. The Morgan fingerprint density at radius 2 is 2.10 bits per heavy atom. The molecular weight excluding hydrogens is 368 g/mol. The zero-order chi connectivity index (χ0) is 21.2. The minimum absolute atomic E-state index is 0.0882. The maximum absolute atomic E-state index is 12.9. The van der Waals surface area contributed by atoms with E-state index in [9.17, 15) is 9.59 Å². The van der Waals surface area contributed by atoms with Crippen molar-refractivity contribution in [1.29, 1.82) is 0 Å². The molecule has 1 saturated heterocycles. The molecule has 29 heavy (non-hydrogen) atoms. The lowest BCUT2D eigenvalue weighted by Gasteiger charge is -2.37. The highest BCUT2D eigenvalue weighted by atomic mass is 16.5. The summed E-state index contributed by atoms with van der Waals surface area (Å²) in [5, 5.41) is 3.17. The number of nitrogens with one attached hydrogen (secondary N) is 1. The number of Topliss-reactive ketones (excluding diaryl/α,β-unsaturated/α-hetero) is 1. The molecule has 1 amide bonds. The zero-order valence-corrected chi connectivity index (χ0v) is 18.6. The summed E-state index contributed by atoms with van der Waals surface area (Å²) in [5.41, 5.74) is 1.21. The normalized spacial score (nSPS) is 24.4. The molecule has 2 heterocycles. The van der Waals surface area contributed by atoms with Gasteiger partial charge in [-0.3, -0.25) is 9.59 Å². The average molecular weight is 405 g/mol. The standard InChI is InChI=1S/C23H36N2O4/c1-6-28-11-7-9-25-10-8-17(15(2)14-25)24-22(27)21-16(3)20-18(26)12-23(4,5)13-19(20)29-21/h15,17H,6-14H2,1-5H3,(H,24,27). The fraction of sp³-hybridized carbons (Fsp3) is 0.739. The van der Waals surface area contributed by atoms with Gasteiger partial charge in [0.15, 0.2) is 11.5 Å². The van der Waals surface area contributed by atoms with E-state index in [0.717, 1.165) is 45.7 Å². The van der Waals surface area contributed by atoms with Gasteiger partial charge in [-0.25, -0.2) is 0 Å². The van der Waals surface area contributed by atoms with Crippen molar-refractivity contribution in [2.24, 2.45) is 11.3 Å². The largest absolute Gasteiger partial charge is 0.455 e. The average Bonchev–Trinajstić information content (AvgIpc) is 2.96. The second-order valence-corrected chi connectivity index (χ2v) is 9.49. The van der Waals surface area contributed by atoms with E-state index in [0.29, 0.717) is 41.4 Å². The molecule has 0 bridgehead atoms. The number of furan rings is 1. The van der Waals surface area contributed by atoms with E-state index < -0.39 is 0 Å². The number of carbonyl (C=O) groups is 2. The molecule has 0 radical (unpaired) electrons.